The van der Waals surface area contributed by atoms with E-state index in [9.17, 15) is 0 Å². The van der Waals surface area contributed by atoms with Gasteiger partial charge in [0.05, 0.1) is 0 Å². The van der Waals surface area contributed by atoms with Crippen LogP contribution in [-0.4, -0.2) is 58.1 Å². The van der Waals surface area contributed by atoms with Crippen molar-refractivity contribution in [1.82, 2.24) is 9.47 Å². The van der Waals surface area contributed by atoms with Crippen molar-refractivity contribution in [2.45, 2.75) is 44.7 Å². The highest BCUT2D eigenvalue weighted by molar-refractivity contribution is 7.98. The number of benzene rings is 2. The summed E-state index contributed by atoms with van der Waals surface area (Å²) in [5, 5.41) is 2.34. The molecule has 0 bridgehead atoms. The number of halogens is 1. The Morgan fingerprint density at radius 2 is 1.86 bits per heavy atom. The molecule has 1 aromatic heterocycles. The first-order valence-electron chi connectivity index (χ1n) is 12.0. The molecule has 1 aliphatic heterocycles. The van der Waals surface area contributed by atoms with Gasteiger partial charge in [-0.15, -0.1) is 0 Å². The normalized spacial score (nSPS) is 21.9. The highest BCUT2D eigenvalue weighted by Gasteiger charge is 2.40. The minimum absolute atomic E-state index is 0.660. The standard InChI is InChI=1S/C26H31ClN2S.H2O4S/c1-3-11-28-15-19(17-30-2)12-23-22-5-4-6-24-26(22)20(13-25(23)28)16-29(24)14-18-7-9-21(27)10-8-18;1-5(2,3)4/h4-10,16,19,23,25H,3,11-15,17H2,1-2H3;(H2,1,2,3,4)/t19?,23-,25-;/m0./s1. The predicted molar refractivity (Wildman–Crippen MR) is 145 cm³/mol. The third-order valence-electron chi connectivity index (χ3n) is 7.04. The van der Waals surface area contributed by atoms with Crippen molar-refractivity contribution in [3.63, 3.8) is 0 Å². The van der Waals surface area contributed by atoms with Gasteiger partial charge in [0.25, 0.3) is 0 Å². The Morgan fingerprint density at radius 1 is 1.14 bits per heavy atom. The molecule has 0 radical (unpaired) electrons. The molecule has 35 heavy (non-hydrogen) atoms. The van der Waals surface area contributed by atoms with Gasteiger partial charge in [-0.05, 0) is 78.6 Å². The van der Waals surface area contributed by atoms with E-state index in [-0.39, 0.29) is 0 Å². The van der Waals surface area contributed by atoms with Gasteiger partial charge in [-0.3, -0.25) is 14.0 Å². The smallest absolute Gasteiger partial charge is 0.343 e. The summed E-state index contributed by atoms with van der Waals surface area (Å²) in [4.78, 5) is 2.81. The quantitative estimate of drug-likeness (QED) is 0.388. The van der Waals surface area contributed by atoms with Gasteiger partial charge in [0.2, 0.25) is 0 Å². The fraction of sp³-hybridized carbons (Fsp3) is 0.462. The molecule has 190 valence electrons. The Hall–Kier alpha value is -1.55. The van der Waals surface area contributed by atoms with Crippen molar-refractivity contribution >= 4 is 44.7 Å². The summed E-state index contributed by atoms with van der Waals surface area (Å²) in [6, 6.07) is 16.0. The van der Waals surface area contributed by atoms with Crippen molar-refractivity contribution in [3.8, 4) is 0 Å². The van der Waals surface area contributed by atoms with E-state index in [4.69, 9.17) is 29.1 Å². The van der Waals surface area contributed by atoms with Crippen LogP contribution in [0.15, 0.2) is 48.7 Å². The molecule has 9 heteroatoms. The van der Waals surface area contributed by atoms with E-state index >= 15 is 0 Å². The number of aromatic nitrogens is 1. The number of nitrogens with zero attached hydrogens (tertiary/aromatic N) is 2. The molecule has 1 fully saturated rings. The van der Waals surface area contributed by atoms with Crippen LogP contribution in [0.2, 0.25) is 5.02 Å². The van der Waals surface area contributed by atoms with Gasteiger partial charge in [-0.1, -0.05) is 42.8 Å². The average Bonchev–Trinajstić information content (AvgIpc) is 3.14. The molecule has 0 amide bonds. The first kappa shape index (κ1) is 26.5. The average molecular weight is 537 g/mol. The largest absolute Gasteiger partial charge is 0.394 e. The van der Waals surface area contributed by atoms with Gasteiger partial charge < -0.3 is 4.57 Å². The van der Waals surface area contributed by atoms with Gasteiger partial charge in [0.15, 0.2) is 0 Å². The van der Waals surface area contributed by atoms with E-state index in [0.29, 0.717) is 12.0 Å². The van der Waals surface area contributed by atoms with Crippen LogP contribution < -0.4 is 0 Å². The Labute approximate surface area is 217 Å². The van der Waals surface area contributed by atoms with Gasteiger partial charge in [-0.2, -0.15) is 20.2 Å². The highest BCUT2D eigenvalue weighted by atomic mass is 35.5. The zero-order valence-corrected chi connectivity index (χ0v) is 22.5. The Kier molecular flexibility index (Phi) is 8.51. The molecule has 1 saturated heterocycles. The monoisotopic (exact) mass is 536 g/mol. The SMILES string of the molecule is CCCN1CC(CSC)C[C@H]2c3cccc4c3c(cn4Cc3ccc(Cl)cc3)C[C@@H]21.O=S(=O)(O)O. The van der Waals surface area contributed by atoms with Gasteiger partial charge >= 0.3 is 10.4 Å². The van der Waals surface area contributed by atoms with Gasteiger partial charge in [0, 0.05) is 47.2 Å². The van der Waals surface area contributed by atoms with E-state index in [1.54, 1.807) is 11.1 Å². The number of thioether (sulfide) groups is 1. The maximum absolute atomic E-state index is 8.74. The number of fused-ring (bicyclic) bond motifs is 2. The zero-order valence-electron chi connectivity index (χ0n) is 20.1. The molecule has 2 heterocycles. The van der Waals surface area contributed by atoms with Crippen LogP contribution >= 0.6 is 23.4 Å². The number of piperidine rings is 1. The second kappa shape index (κ2) is 11.2. The lowest BCUT2D eigenvalue weighted by atomic mass is 9.72. The molecular formula is C26H33ClN2O4S2. The lowest BCUT2D eigenvalue weighted by Crippen LogP contribution is -2.50. The van der Waals surface area contributed by atoms with Crippen LogP contribution in [0, 0.1) is 5.92 Å². The topological polar surface area (TPSA) is 82.8 Å². The molecule has 3 aromatic rings. The molecule has 0 saturated carbocycles. The van der Waals surface area contributed by atoms with Crippen molar-refractivity contribution in [2.75, 3.05) is 25.1 Å². The molecule has 0 spiro atoms. The first-order valence-corrected chi connectivity index (χ1v) is 15.1. The molecule has 1 unspecified atom stereocenters. The van der Waals surface area contributed by atoms with E-state index in [0.717, 1.165) is 17.5 Å². The summed E-state index contributed by atoms with van der Waals surface area (Å²) < 4.78 is 34.0. The van der Waals surface area contributed by atoms with Crippen LogP contribution in [0.1, 0.15) is 42.4 Å². The van der Waals surface area contributed by atoms with Crippen LogP contribution in [0.3, 0.4) is 0 Å². The molecule has 1 aliphatic carbocycles. The Bertz CT molecular complexity index is 1250. The predicted octanol–water partition coefficient (Wildman–Crippen LogP) is 5.79. The maximum atomic E-state index is 8.74. The van der Waals surface area contributed by atoms with Gasteiger partial charge in [0.1, 0.15) is 0 Å². The van der Waals surface area contributed by atoms with E-state index < -0.39 is 10.4 Å². The van der Waals surface area contributed by atoms with Crippen molar-refractivity contribution < 1.29 is 17.5 Å². The highest BCUT2D eigenvalue weighted by Crippen LogP contribution is 2.45. The summed E-state index contributed by atoms with van der Waals surface area (Å²) in [7, 11) is -4.67. The van der Waals surface area contributed by atoms with E-state index in [1.165, 1.54) is 54.6 Å². The maximum Gasteiger partial charge on any atom is 0.394 e. The molecule has 3 atom stereocenters. The fourth-order valence-electron chi connectivity index (χ4n) is 5.89. The number of hydrogen-bond donors (Lipinski definition) is 2. The second-order valence-electron chi connectivity index (χ2n) is 9.53. The molecule has 5 rings (SSSR count). The fourth-order valence-corrected chi connectivity index (χ4v) is 6.73. The molecular weight excluding hydrogens is 504 g/mol. The Morgan fingerprint density at radius 3 is 2.51 bits per heavy atom. The minimum Gasteiger partial charge on any atom is -0.343 e. The van der Waals surface area contributed by atoms with Crippen LogP contribution in [0.25, 0.3) is 10.9 Å². The summed E-state index contributed by atoms with van der Waals surface area (Å²) in [5.41, 5.74) is 5.84. The molecule has 6 nitrogen and oxygen atoms in total. The summed E-state index contributed by atoms with van der Waals surface area (Å²) in [6.07, 6.45) is 8.46. The van der Waals surface area contributed by atoms with Crippen LogP contribution in [0.4, 0.5) is 0 Å². The summed E-state index contributed by atoms with van der Waals surface area (Å²) >= 11 is 8.11. The Balaban J connectivity index is 0.000000527. The lowest BCUT2D eigenvalue weighted by molar-refractivity contribution is 0.0926. The molecule has 2 N–H and O–H groups in total. The van der Waals surface area contributed by atoms with Crippen LogP contribution in [0.5, 0.6) is 0 Å². The number of hydrogen-bond acceptors (Lipinski definition) is 4. The van der Waals surface area contributed by atoms with E-state index in [1.807, 2.05) is 23.9 Å². The molecule has 2 aliphatic rings. The minimum atomic E-state index is -4.67. The number of rotatable bonds is 6. The lowest BCUT2D eigenvalue weighted by Gasteiger charge is -2.47. The third kappa shape index (κ3) is 6.42. The van der Waals surface area contributed by atoms with Gasteiger partial charge in [-0.25, -0.2) is 0 Å². The zero-order chi connectivity index (χ0) is 25.2. The number of likely N-dealkylation sites (tertiary alicyclic amines) is 1. The summed E-state index contributed by atoms with van der Waals surface area (Å²) in [5.74, 6) is 2.76. The van der Waals surface area contributed by atoms with E-state index in [2.05, 4.69) is 59.2 Å². The second-order valence-corrected chi connectivity index (χ2v) is 11.8. The van der Waals surface area contributed by atoms with Crippen molar-refractivity contribution in [3.05, 3.63) is 70.4 Å². The summed E-state index contributed by atoms with van der Waals surface area (Å²) in [6.45, 7) is 5.72. The van der Waals surface area contributed by atoms with Crippen molar-refractivity contribution in [1.29, 1.82) is 0 Å². The first-order chi connectivity index (χ1) is 16.7. The molecule has 2 aromatic carbocycles. The van der Waals surface area contributed by atoms with Crippen LogP contribution in [-0.2, 0) is 23.4 Å². The third-order valence-corrected chi connectivity index (χ3v) is 8.09. The van der Waals surface area contributed by atoms with Crippen molar-refractivity contribution in [2.24, 2.45) is 5.92 Å².